The van der Waals surface area contributed by atoms with E-state index >= 15 is 0 Å². The van der Waals surface area contributed by atoms with E-state index in [1.807, 2.05) is 44.2 Å². The lowest BCUT2D eigenvalue weighted by molar-refractivity contribution is 0.0597. The van der Waals surface area contributed by atoms with E-state index in [0.29, 0.717) is 24.4 Å². The van der Waals surface area contributed by atoms with E-state index in [4.69, 9.17) is 27.1 Å². The van der Waals surface area contributed by atoms with Gasteiger partial charge in [-0.3, -0.25) is 9.36 Å². The molecular weight excluding hydrogens is 523 g/mol. The topological polar surface area (TPSA) is 108 Å². The first-order chi connectivity index (χ1) is 18.7. The van der Waals surface area contributed by atoms with Gasteiger partial charge in [0.2, 0.25) is 0 Å². The van der Waals surface area contributed by atoms with Crippen molar-refractivity contribution < 1.29 is 13.9 Å². The summed E-state index contributed by atoms with van der Waals surface area (Å²) in [6.45, 7) is 6.31. The number of methoxy groups -OCH3 is 1. The number of hydrogen-bond acceptors (Lipinski definition) is 6. The summed E-state index contributed by atoms with van der Waals surface area (Å²) in [7, 11) is 1.40. The van der Waals surface area contributed by atoms with E-state index < -0.39 is 23.5 Å². The molecule has 2 aromatic heterocycles. The fraction of sp³-hybridized carbons (Fsp3) is 0.357. The summed E-state index contributed by atoms with van der Waals surface area (Å²) in [5.74, 6) is -0.997. The van der Waals surface area contributed by atoms with Gasteiger partial charge in [0, 0.05) is 6.54 Å². The summed E-state index contributed by atoms with van der Waals surface area (Å²) in [6.07, 6.45) is 0.467. The van der Waals surface area contributed by atoms with Crippen molar-refractivity contribution in [2.45, 2.75) is 39.8 Å². The van der Waals surface area contributed by atoms with Gasteiger partial charge in [0.25, 0.3) is 11.8 Å². The monoisotopic (exact) mass is 554 g/mol. The van der Waals surface area contributed by atoms with Crippen molar-refractivity contribution in [2.75, 3.05) is 20.2 Å². The van der Waals surface area contributed by atoms with Crippen LogP contribution in [0.25, 0.3) is 5.65 Å². The summed E-state index contributed by atoms with van der Waals surface area (Å²) in [6, 6.07) is 13.2. The number of benzene rings is 2. The predicted molar refractivity (Wildman–Crippen MR) is 148 cm³/mol. The molecule has 11 heteroatoms. The Labute approximate surface area is 231 Å². The van der Waals surface area contributed by atoms with E-state index in [-0.39, 0.29) is 41.1 Å². The molecule has 206 valence electrons. The van der Waals surface area contributed by atoms with Crippen molar-refractivity contribution in [3.05, 3.63) is 92.4 Å². The Morgan fingerprint density at radius 1 is 1.21 bits per heavy atom. The smallest absolute Gasteiger partial charge is 0.352 e. The number of ether oxygens (including phenoxy) is 1. The van der Waals surface area contributed by atoms with Gasteiger partial charge in [0.1, 0.15) is 16.7 Å². The van der Waals surface area contributed by atoms with Gasteiger partial charge in [0.15, 0.2) is 5.65 Å². The zero-order chi connectivity index (χ0) is 28.3. The van der Waals surface area contributed by atoms with Gasteiger partial charge >= 0.3 is 5.69 Å². The minimum atomic E-state index is -0.719. The highest BCUT2D eigenvalue weighted by molar-refractivity contribution is 6.34. The molecule has 1 unspecified atom stereocenters. The van der Waals surface area contributed by atoms with Crippen LogP contribution in [0.4, 0.5) is 4.39 Å². The van der Waals surface area contributed by atoms with Crippen molar-refractivity contribution in [1.29, 1.82) is 0 Å². The van der Waals surface area contributed by atoms with E-state index in [1.165, 1.54) is 23.8 Å². The van der Waals surface area contributed by atoms with Crippen molar-refractivity contribution in [1.82, 2.24) is 24.1 Å². The highest BCUT2D eigenvalue weighted by atomic mass is 35.5. The van der Waals surface area contributed by atoms with E-state index in [1.54, 1.807) is 17.9 Å². The summed E-state index contributed by atoms with van der Waals surface area (Å²) in [5, 5.41) is 4.27. The quantitative estimate of drug-likeness (QED) is 0.314. The van der Waals surface area contributed by atoms with Crippen LogP contribution in [0.2, 0.25) is 5.02 Å². The molecule has 2 heterocycles. The van der Waals surface area contributed by atoms with Crippen LogP contribution >= 0.6 is 11.6 Å². The van der Waals surface area contributed by atoms with Crippen LogP contribution in [0.1, 0.15) is 53.6 Å². The number of rotatable bonds is 10. The molecule has 0 aliphatic rings. The molecule has 0 saturated heterocycles. The third kappa shape index (κ3) is 5.67. The minimum absolute atomic E-state index is 0.0589. The number of amides is 1. The van der Waals surface area contributed by atoms with Gasteiger partial charge in [-0.2, -0.15) is 4.52 Å². The maximum Gasteiger partial charge on any atom is 0.352 e. The van der Waals surface area contributed by atoms with Crippen LogP contribution in [0.15, 0.2) is 53.3 Å². The molecule has 2 N–H and O–H groups in total. The Kier molecular flexibility index (Phi) is 8.66. The molecular formula is C28H32ClFN6O3. The zero-order valence-corrected chi connectivity index (χ0v) is 23.2. The number of nitrogens with zero attached hydrogens (tertiary/aromatic N) is 5. The molecule has 0 fully saturated rings. The van der Waals surface area contributed by atoms with Crippen LogP contribution in [-0.2, 0) is 6.54 Å². The van der Waals surface area contributed by atoms with Crippen LogP contribution in [0.3, 0.4) is 0 Å². The lowest BCUT2D eigenvalue weighted by Crippen LogP contribution is -2.43. The Morgan fingerprint density at radius 2 is 1.92 bits per heavy atom. The molecule has 2 aromatic carbocycles. The van der Waals surface area contributed by atoms with Gasteiger partial charge in [-0.1, -0.05) is 61.8 Å². The second-order valence-corrected chi connectivity index (χ2v) is 10.1. The molecule has 0 aliphatic carbocycles. The highest BCUT2D eigenvalue weighted by Gasteiger charge is 2.34. The van der Waals surface area contributed by atoms with Gasteiger partial charge in [-0.25, -0.2) is 14.2 Å². The Balaban J connectivity index is 1.97. The second kappa shape index (κ2) is 12.0. The Hall–Kier alpha value is -3.76. The SMILES string of the molecule is COc1nn2c(=O)n(Cc3ccccc3)c(C(C(C)C)N(CCCN)C(=O)c3ccc(C)cc3F)nc2c1Cl. The number of halogens is 2. The number of fused-ring (bicyclic) bond motifs is 1. The van der Waals surface area contributed by atoms with E-state index in [0.717, 1.165) is 10.1 Å². The van der Waals surface area contributed by atoms with Crippen LogP contribution in [-0.4, -0.2) is 50.2 Å². The molecule has 0 saturated carbocycles. The zero-order valence-electron chi connectivity index (χ0n) is 22.4. The van der Waals surface area contributed by atoms with Crippen molar-refractivity contribution in [3.8, 4) is 5.88 Å². The molecule has 4 aromatic rings. The fourth-order valence-electron chi connectivity index (χ4n) is 4.63. The first kappa shape index (κ1) is 28.3. The fourth-order valence-corrected chi connectivity index (χ4v) is 4.86. The number of carbonyl (C=O) groups excluding carboxylic acids is 1. The first-order valence-corrected chi connectivity index (χ1v) is 13.1. The van der Waals surface area contributed by atoms with Gasteiger partial charge in [-0.05, 0) is 49.1 Å². The maximum atomic E-state index is 15.0. The lowest BCUT2D eigenvalue weighted by atomic mass is 9.99. The minimum Gasteiger partial charge on any atom is -0.479 e. The molecule has 0 spiro atoms. The normalized spacial score (nSPS) is 12.2. The van der Waals surface area contributed by atoms with Crippen molar-refractivity contribution in [3.63, 3.8) is 0 Å². The average molecular weight is 555 g/mol. The average Bonchev–Trinajstić information content (AvgIpc) is 3.23. The summed E-state index contributed by atoms with van der Waals surface area (Å²) < 4.78 is 22.8. The number of hydrogen-bond donors (Lipinski definition) is 1. The van der Waals surface area contributed by atoms with Gasteiger partial charge < -0.3 is 15.4 Å². The predicted octanol–water partition coefficient (Wildman–Crippen LogP) is 4.24. The van der Waals surface area contributed by atoms with E-state index in [2.05, 4.69) is 5.10 Å². The number of aryl methyl sites for hydroxylation is 1. The molecule has 39 heavy (non-hydrogen) atoms. The molecule has 1 amide bonds. The summed E-state index contributed by atoms with van der Waals surface area (Å²) >= 11 is 6.49. The van der Waals surface area contributed by atoms with Gasteiger partial charge in [-0.15, -0.1) is 5.10 Å². The molecule has 0 radical (unpaired) electrons. The van der Waals surface area contributed by atoms with Gasteiger partial charge in [0.05, 0.1) is 25.3 Å². The summed E-state index contributed by atoms with van der Waals surface area (Å²) in [4.78, 5) is 34.1. The molecule has 0 bridgehead atoms. The first-order valence-electron chi connectivity index (χ1n) is 12.7. The standard InChI is InChI=1S/C28H32ClFN6O3/c1-17(2)23(34(14-8-13-31)27(37)20-12-11-18(3)15-21(20)30)25-32-24-22(29)26(39-4)33-36(24)28(38)35(25)16-19-9-6-5-7-10-19/h5-7,9-12,15,17,23H,8,13-14,16,31H2,1-4H3. The Bertz CT molecular complexity index is 1540. The largest absolute Gasteiger partial charge is 0.479 e. The third-order valence-electron chi connectivity index (χ3n) is 6.51. The number of aromatic nitrogens is 4. The number of nitrogens with two attached hydrogens (primary N) is 1. The second-order valence-electron chi connectivity index (χ2n) is 9.70. The summed E-state index contributed by atoms with van der Waals surface area (Å²) in [5.41, 5.74) is 6.91. The highest BCUT2D eigenvalue weighted by Crippen LogP contribution is 2.32. The molecule has 9 nitrogen and oxygen atoms in total. The molecule has 4 rings (SSSR count). The van der Waals surface area contributed by atoms with Crippen molar-refractivity contribution >= 4 is 23.2 Å². The third-order valence-corrected chi connectivity index (χ3v) is 6.84. The van der Waals surface area contributed by atoms with E-state index in [9.17, 15) is 14.0 Å². The van der Waals surface area contributed by atoms with Crippen molar-refractivity contribution in [2.24, 2.45) is 11.7 Å². The maximum absolute atomic E-state index is 15.0. The lowest BCUT2D eigenvalue weighted by Gasteiger charge is -2.35. The van der Waals surface area contributed by atoms with Crippen LogP contribution in [0, 0.1) is 18.7 Å². The molecule has 1 atom stereocenters. The molecule has 0 aliphatic heterocycles. The van der Waals surface area contributed by atoms with Crippen LogP contribution < -0.4 is 16.2 Å². The Morgan fingerprint density at radius 3 is 2.54 bits per heavy atom. The van der Waals surface area contributed by atoms with Crippen LogP contribution in [0.5, 0.6) is 5.88 Å². The number of carbonyl (C=O) groups is 1.